The van der Waals surface area contributed by atoms with E-state index in [9.17, 15) is 18.0 Å². The van der Waals surface area contributed by atoms with Crippen LogP contribution in [0.2, 0.25) is 0 Å². The molecule has 3 aliphatic heterocycles. The van der Waals surface area contributed by atoms with Gasteiger partial charge in [-0.1, -0.05) is 13.0 Å². The molecule has 1 aromatic carbocycles. The van der Waals surface area contributed by atoms with Crippen molar-refractivity contribution >= 4 is 27.5 Å². The number of carbonyl (C=O) groups is 2. The fraction of sp³-hybridized carbons (Fsp3) is 0.619. The summed E-state index contributed by atoms with van der Waals surface area (Å²) in [6, 6.07) is 4.66. The van der Waals surface area contributed by atoms with E-state index < -0.39 is 21.9 Å². The van der Waals surface area contributed by atoms with Crippen molar-refractivity contribution in [2.75, 3.05) is 36.0 Å². The van der Waals surface area contributed by atoms with Gasteiger partial charge in [-0.3, -0.25) is 9.69 Å². The first kappa shape index (κ1) is 20.2. The lowest BCUT2D eigenvalue weighted by Gasteiger charge is -2.32. The summed E-state index contributed by atoms with van der Waals surface area (Å²) in [5.41, 5.74) is 2.74. The van der Waals surface area contributed by atoms with Crippen molar-refractivity contribution in [2.24, 2.45) is 5.92 Å². The summed E-state index contributed by atoms with van der Waals surface area (Å²) >= 11 is 0. The molecule has 0 N–H and O–H groups in total. The number of hydrogen-bond acceptors (Lipinski definition) is 4. The molecule has 0 aromatic heterocycles. The van der Waals surface area contributed by atoms with Crippen molar-refractivity contribution < 1.29 is 18.0 Å². The zero-order chi connectivity index (χ0) is 20.9. The van der Waals surface area contributed by atoms with E-state index >= 15 is 0 Å². The van der Waals surface area contributed by atoms with Gasteiger partial charge in [0.2, 0.25) is 5.91 Å². The van der Waals surface area contributed by atoms with Crippen LogP contribution in [0.4, 0.5) is 10.5 Å². The van der Waals surface area contributed by atoms with E-state index in [2.05, 4.69) is 6.92 Å². The Kier molecular flexibility index (Phi) is 5.09. The number of piperidine rings is 1. The minimum absolute atomic E-state index is 0.0504. The molecule has 3 amide bonds. The summed E-state index contributed by atoms with van der Waals surface area (Å²) in [4.78, 5) is 31.1. The van der Waals surface area contributed by atoms with Crippen molar-refractivity contribution in [3.8, 4) is 0 Å². The smallest absolute Gasteiger partial charge is 0.325 e. The zero-order valence-electron chi connectivity index (χ0n) is 17.3. The molecule has 0 aliphatic carbocycles. The third-order valence-electron chi connectivity index (χ3n) is 6.40. The Labute approximate surface area is 172 Å². The van der Waals surface area contributed by atoms with Crippen LogP contribution in [0.25, 0.3) is 0 Å². The minimum atomic E-state index is -3.25. The average molecular weight is 420 g/mol. The number of aryl methyl sites for hydroxylation is 2. The molecule has 2 atom stereocenters. The largest absolute Gasteiger partial charge is 0.341 e. The molecular formula is C21H29N3O4S. The number of nitrogens with zero attached hydrogens (tertiary/aromatic N) is 3. The Morgan fingerprint density at radius 3 is 2.24 bits per heavy atom. The van der Waals surface area contributed by atoms with E-state index in [0.717, 1.165) is 24.0 Å². The van der Waals surface area contributed by atoms with Gasteiger partial charge in [-0.05, 0) is 55.9 Å². The highest BCUT2D eigenvalue weighted by Gasteiger charge is 2.54. The predicted molar refractivity (Wildman–Crippen MR) is 112 cm³/mol. The normalized spacial score (nSPS) is 26.9. The summed E-state index contributed by atoms with van der Waals surface area (Å²) in [6.07, 6.45) is 1.93. The maximum atomic E-state index is 13.3. The SMILES string of the molecule is Cc1cc(C)cc(N2C(=O)N(CC(=O)N3CCC(C)CC3)[C@@H]3CS(=O)(=O)C[C@H]32)c1. The maximum Gasteiger partial charge on any atom is 0.325 e. The van der Waals surface area contributed by atoms with Gasteiger partial charge in [0.25, 0.3) is 0 Å². The number of fused-ring (bicyclic) bond motifs is 1. The van der Waals surface area contributed by atoms with Crippen LogP contribution in [0.3, 0.4) is 0 Å². The Balaban J connectivity index is 1.61. The van der Waals surface area contributed by atoms with Gasteiger partial charge in [0, 0.05) is 18.8 Å². The topological polar surface area (TPSA) is 78.0 Å². The van der Waals surface area contributed by atoms with Crippen molar-refractivity contribution in [2.45, 2.75) is 45.7 Å². The van der Waals surface area contributed by atoms with Crippen molar-refractivity contribution in [1.29, 1.82) is 0 Å². The molecule has 3 heterocycles. The first-order valence-electron chi connectivity index (χ1n) is 10.3. The molecule has 0 bridgehead atoms. The second-order valence-electron chi connectivity index (χ2n) is 8.90. The third kappa shape index (κ3) is 3.86. The molecule has 0 unspecified atom stereocenters. The highest BCUT2D eigenvalue weighted by molar-refractivity contribution is 7.91. The Morgan fingerprint density at radius 1 is 1.03 bits per heavy atom. The lowest BCUT2D eigenvalue weighted by molar-refractivity contribution is -0.133. The van der Waals surface area contributed by atoms with Crippen molar-refractivity contribution in [3.63, 3.8) is 0 Å². The molecule has 0 spiro atoms. The van der Waals surface area contributed by atoms with Crippen LogP contribution in [0.1, 0.15) is 30.9 Å². The molecule has 7 nitrogen and oxygen atoms in total. The monoisotopic (exact) mass is 419 g/mol. The molecule has 29 heavy (non-hydrogen) atoms. The number of urea groups is 1. The standard InChI is InChI=1S/C21H29N3O4S/c1-14-4-6-22(7-5-14)20(25)11-23-18-12-29(27,28)13-19(18)24(21(23)26)17-9-15(2)8-16(3)10-17/h8-10,14,18-19H,4-7,11-13H2,1-3H3/t18-,19-/m1/s1. The molecule has 3 saturated heterocycles. The van der Waals surface area contributed by atoms with E-state index in [-0.39, 0.29) is 30.0 Å². The zero-order valence-corrected chi connectivity index (χ0v) is 18.1. The molecule has 0 radical (unpaired) electrons. The van der Waals surface area contributed by atoms with Crippen LogP contribution >= 0.6 is 0 Å². The molecular weight excluding hydrogens is 390 g/mol. The highest BCUT2D eigenvalue weighted by atomic mass is 32.2. The van der Waals surface area contributed by atoms with Crippen molar-refractivity contribution in [3.05, 3.63) is 29.3 Å². The van der Waals surface area contributed by atoms with E-state index in [1.807, 2.05) is 36.9 Å². The number of sulfone groups is 1. The molecule has 3 aliphatic rings. The fourth-order valence-electron chi connectivity index (χ4n) is 4.86. The van der Waals surface area contributed by atoms with Gasteiger partial charge in [-0.15, -0.1) is 0 Å². The molecule has 4 rings (SSSR count). The van der Waals surface area contributed by atoms with Gasteiger partial charge in [0.15, 0.2) is 9.84 Å². The summed E-state index contributed by atoms with van der Waals surface area (Å²) in [6.45, 7) is 7.45. The number of likely N-dealkylation sites (tertiary alicyclic amines) is 1. The number of anilines is 1. The van der Waals surface area contributed by atoms with Crippen LogP contribution < -0.4 is 4.90 Å². The van der Waals surface area contributed by atoms with Crippen LogP contribution in [0.15, 0.2) is 18.2 Å². The molecule has 158 valence electrons. The maximum absolute atomic E-state index is 13.3. The van der Waals surface area contributed by atoms with Crippen LogP contribution in [-0.2, 0) is 14.6 Å². The van der Waals surface area contributed by atoms with E-state index in [1.54, 1.807) is 4.90 Å². The first-order valence-corrected chi connectivity index (χ1v) is 12.1. The van der Waals surface area contributed by atoms with Gasteiger partial charge < -0.3 is 9.80 Å². The highest BCUT2D eigenvalue weighted by Crippen LogP contribution is 2.35. The number of amides is 3. The van der Waals surface area contributed by atoms with Crippen molar-refractivity contribution in [1.82, 2.24) is 9.80 Å². The summed E-state index contributed by atoms with van der Waals surface area (Å²) < 4.78 is 24.7. The predicted octanol–water partition coefficient (Wildman–Crippen LogP) is 1.97. The van der Waals surface area contributed by atoms with E-state index in [0.29, 0.717) is 24.7 Å². The van der Waals surface area contributed by atoms with Gasteiger partial charge in [0.1, 0.15) is 6.54 Å². The number of carbonyl (C=O) groups excluding carboxylic acids is 2. The number of hydrogen-bond donors (Lipinski definition) is 0. The van der Waals surface area contributed by atoms with Crippen LogP contribution in [0.5, 0.6) is 0 Å². The molecule has 1 aromatic rings. The average Bonchev–Trinajstić information content (AvgIpc) is 3.05. The summed E-state index contributed by atoms with van der Waals surface area (Å²) in [5, 5.41) is 0. The van der Waals surface area contributed by atoms with Crippen LogP contribution in [-0.4, -0.2) is 73.4 Å². The minimum Gasteiger partial charge on any atom is -0.341 e. The Morgan fingerprint density at radius 2 is 1.62 bits per heavy atom. The summed E-state index contributed by atoms with van der Waals surface area (Å²) in [5.74, 6) is 0.393. The third-order valence-corrected chi connectivity index (χ3v) is 8.10. The van der Waals surface area contributed by atoms with E-state index in [1.165, 1.54) is 4.90 Å². The quantitative estimate of drug-likeness (QED) is 0.702. The summed E-state index contributed by atoms with van der Waals surface area (Å²) in [7, 11) is -3.25. The first-order chi connectivity index (χ1) is 13.6. The van der Waals surface area contributed by atoms with Gasteiger partial charge in [0.05, 0.1) is 23.6 Å². The second-order valence-corrected chi connectivity index (χ2v) is 11.1. The second kappa shape index (κ2) is 7.31. The molecule has 8 heteroatoms. The van der Waals surface area contributed by atoms with E-state index in [4.69, 9.17) is 0 Å². The van der Waals surface area contributed by atoms with Gasteiger partial charge >= 0.3 is 6.03 Å². The van der Waals surface area contributed by atoms with Gasteiger partial charge in [-0.2, -0.15) is 0 Å². The number of rotatable bonds is 3. The lowest BCUT2D eigenvalue weighted by Crippen LogP contribution is -2.47. The molecule has 0 saturated carbocycles. The molecule has 3 fully saturated rings. The van der Waals surface area contributed by atoms with Gasteiger partial charge in [-0.25, -0.2) is 13.2 Å². The Hall–Kier alpha value is -2.09. The lowest BCUT2D eigenvalue weighted by atomic mass is 9.99. The fourth-order valence-corrected chi connectivity index (χ4v) is 6.81. The van der Waals surface area contributed by atoms with Crippen LogP contribution in [0, 0.1) is 19.8 Å². The Bertz CT molecular complexity index is 917. The number of benzene rings is 1.